The molecular formula is C16H14BrN3O3S3. The summed E-state index contributed by atoms with van der Waals surface area (Å²) in [5, 5.41) is 3.27. The zero-order valence-corrected chi connectivity index (χ0v) is 17.4. The molecule has 1 saturated heterocycles. The molecule has 1 N–H and O–H groups in total. The molecule has 3 heterocycles. The van der Waals surface area contributed by atoms with E-state index in [-0.39, 0.29) is 10.1 Å². The summed E-state index contributed by atoms with van der Waals surface area (Å²) in [5.74, 6) is -0.333. The van der Waals surface area contributed by atoms with Crippen molar-refractivity contribution in [1.82, 2.24) is 9.29 Å². The van der Waals surface area contributed by atoms with Crippen LogP contribution in [0.5, 0.6) is 0 Å². The van der Waals surface area contributed by atoms with Crippen molar-refractivity contribution in [2.45, 2.75) is 23.1 Å². The molecule has 0 spiro atoms. The van der Waals surface area contributed by atoms with Crippen molar-refractivity contribution in [2.24, 2.45) is 0 Å². The highest BCUT2D eigenvalue weighted by Crippen LogP contribution is 2.33. The Morgan fingerprint density at radius 3 is 2.77 bits per heavy atom. The monoisotopic (exact) mass is 471 g/mol. The van der Waals surface area contributed by atoms with Crippen LogP contribution in [0.3, 0.4) is 0 Å². The summed E-state index contributed by atoms with van der Waals surface area (Å²) in [4.78, 5) is 17.1. The van der Waals surface area contributed by atoms with Gasteiger partial charge in [-0.3, -0.25) is 4.79 Å². The van der Waals surface area contributed by atoms with Crippen LogP contribution in [0.2, 0.25) is 0 Å². The molecule has 6 nitrogen and oxygen atoms in total. The molecule has 4 rings (SSSR count). The Bertz CT molecular complexity index is 1040. The molecule has 1 fully saturated rings. The number of aromatic nitrogens is 1. The van der Waals surface area contributed by atoms with Gasteiger partial charge < -0.3 is 5.32 Å². The van der Waals surface area contributed by atoms with Gasteiger partial charge in [0.2, 0.25) is 5.91 Å². The first kappa shape index (κ1) is 18.1. The second kappa shape index (κ2) is 7.01. The van der Waals surface area contributed by atoms with Crippen LogP contribution >= 0.6 is 38.6 Å². The number of fused-ring (bicyclic) bond motifs is 1. The Morgan fingerprint density at radius 1 is 1.23 bits per heavy atom. The number of benzene rings is 1. The summed E-state index contributed by atoms with van der Waals surface area (Å²) in [6, 6.07) is 10.2. The van der Waals surface area contributed by atoms with Crippen LogP contribution in [-0.4, -0.2) is 36.2 Å². The van der Waals surface area contributed by atoms with Gasteiger partial charge in [0.25, 0.3) is 10.0 Å². The van der Waals surface area contributed by atoms with Gasteiger partial charge in [0.05, 0.1) is 14.0 Å². The SMILES string of the molecule is O=C(Nc1nc2ccccc2s1)C1CCCN1S(=O)(=O)c1ccc(Br)s1. The number of halogens is 1. The third-order valence-electron chi connectivity index (χ3n) is 4.14. The number of para-hydroxylation sites is 1. The molecular weight excluding hydrogens is 458 g/mol. The zero-order chi connectivity index (χ0) is 18.3. The summed E-state index contributed by atoms with van der Waals surface area (Å²) < 4.78 is 29.0. The van der Waals surface area contributed by atoms with E-state index in [9.17, 15) is 13.2 Å². The lowest BCUT2D eigenvalue weighted by molar-refractivity contribution is -0.119. The third-order valence-corrected chi connectivity index (χ3v) is 9.09. The van der Waals surface area contributed by atoms with E-state index >= 15 is 0 Å². The number of carbonyl (C=O) groups excluding carboxylic acids is 1. The molecule has 2 aromatic heterocycles. The predicted molar refractivity (Wildman–Crippen MR) is 107 cm³/mol. The van der Waals surface area contributed by atoms with Gasteiger partial charge in [-0.15, -0.1) is 11.3 Å². The molecule has 10 heteroatoms. The minimum atomic E-state index is -3.68. The number of nitrogens with one attached hydrogen (secondary N) is 1. The van der Waals surface area contributed by atoms with Gasteiger partial charge in [-0.1, -0.05) is 23.5 Å². The van der Waals surface area contributed by atoms with Crippen LogP contribution in [-0.2, 0) is 14.8 Å². The molecule has 1 atom stereocenters. The van der Waals surface area contributed by atoms with E-state index < -0.39 is 16.1 Å². The molecule has 1 aliphatic heterocycles. The fourth-order valence-corrected chi connectivity index (χ4v) is 7.62. The summed E-state index contributed by atoms with van der Waals surface area (Å²) in [7, 11) is -3.68. The molecule has 1 unspecified atom stereocenters. The molecule has 136 valence electrons. The van der Waals surface area contributed by atoms with Gasteiger partial charge in [-0.05, 0) is 53.0 Å². The highest BCUT2D eigenvalue weighted by Gasteiger charge is 2.40. The van der Waals surface area contributed by atoms with Crippen LogP contribution in [0, 0.1) is 0 Å². The first-order valence-corrected chi connectivity index (χ1v) is 11.8. The first-order valence-electron chi connectivity index (χ1n) is 7.89. The number of nitrogens with zero attached hydrogens (tertiary/aromatic N) is 2. The number of thiophene rings is 1. The first-order chi connectivity index (χ1) is 12.4. The topological polar surface area (TPSA) is 79.4 Å². The van der Waals surface area contributed by atoms with Crippen molar-refractivity contribution < 1.29 is 13.2 Å². The Kier molecular flexibility index (Phi) is 4.86. The third kappa shape index (κ3) is 3.31. The van der Waals surface area contributed by atoms with Gasteiger partial charge in [0.1, 0.15) is 10.3 Å². The Hall–Kier alpha value is -1.33. The highest BCUT2D eigenvalue weighted by molar-refractivity contribution is 9.11. The van der Waals surface area contributed by atoms with E-state index in [4.69, 9.17) is 0 Å². The molecule has 26 heavy (non-hydrogen) atoms. The fraction of sp³-hybridized carbons (Fsp3) is 0.250. The zero-order valence-electron chi connectivity index (χ0n) is 13.4. The summed E-state index contributed by atoms with van der Waals surface area (Å²) in [6.45, 7) is 0.343. The number of amides is 1. The lowest BCUT2D eigenvalue weighted by atomic mass is 10.2. The number of hydrogen-bond donors (Lipinski definition) is 1. The maximum absolute atomic E-state index is 12.9. The van der Waals surface area contributed by atoms with Crippen LogP contribution < -0.4 is 5.32 Å². The molecule has 0 bridgehead atoms. The molecule has 0 radical (unpaired) electrons. The second-order valence-electron chi connectivity index (χ2n) is 5.81. The minimum Gasteiger partial charge on any atom is -0.301 e. The van der Waals surface area contributed by atoms with E-state index in [1.165, 1.54) is 15.6 Å². The Balaban J connectivity index is 1.56. The average Bonchev–Trinajstić information content (AvgIpc) is 3.33. The fourth-order valence-electron chi connectivity index (χ4n) is 2.96. The predicted octanol–water partition coefficient (Wildman–Crippen LogP) is 3.91. The summed E-state index contributed by atoms with van der Waals surface area (Å²) >= 11 is 5.81. The second-order valence-corrected chi connectivity index (χ2v) is 11.4. The van der Waals surface area contributed by atoms with Crippen LogP contribution in [0.4, 0.5) is 5.13 Å². The number of sulfonamides is 1. The Labute approximate surface area is 167 Å². The summed E-state index contributed by atoms with van der Waals surface area (Å²) in [5.41, 5.74) is 0.812. The Morgan fingerprint density at radius 2 is 2.04 bits per heavy atom. The van der Waals surface area contributed by atoms with Gasteiger partial charge >= 0.3 is 0 Å². The molecule has 0 aliphatic carbocycles. The average molecular weight is 472 g/mol. The number of anilines is 1. The minimum absolute atomic E-state index is 0.240. The number of rotatable bonds is 4. The number of thiazole rings is 1. The lowest BCUT2D eigenvalue weighted by Crippen LogP contribution is -2.42. The lowest BCUT2D eigenvalue weighted by Gasteiger charge is -2.22. The van der Waals surface area contributed by atoms with Crippen molar-refractivity contribution in [3.8, 4) is 0 Å². The van der Waals surface area contributed by atoms with E-state index in [0.29, 0.717) is 24.5 Å². The van der Waals surface area contributed by atoms with Gasteiger partial charge in [-0.25, -0.2) is 13.4 Å². The maximum atomic E-state index is 12.9. The molecule has 0 saturated carbocycles. The van der Waals surface area contributed by atoms with E-state index in [1.807, 2.05) is 24.3 Å². The molecule has 1 amide bonds. The van der Waals surface area contributed by atoms with E-state index in [0.717, 1.165) is 25.3 Å². The maximum Gasteiger partial charge on any atom is 0.253 e. The highest BCUT2D eigenvalue weighted by atomic mass is 79.9. The van der Waals surface area contributed by atoms with Crippen molar-refractivity contribution in [3.63, 3.8) is 0 Å². The van der Waals surface area contributed by atoms with Crippen LogP contribution in [0.15, 0.2) is 44.4 Å². The van der Waals surface area contributed by atoms with Crippen molar-refractivity contribution >= 4 is 69.9 Å². The van der Waals surface area contributed by atoms with Gasteiger partial charge in [-0.2, -0.15) is 4.31 Å². The summed E-state index contributed by atoms with van der Waals surface area (Å²) in [6.07, 6.45) is 1.16. The molecule has 3 aromatic rings. The van der Waals surface area contributed by atoms with Crippen molar-refractivity contribution in [1.29, 1.82) is 0 Å². The normalized spacial score (nSPS) is 18.4. The van der Waals surface area contributed by atoms with E-state index in [1.54, 1.807) is 12.1 Å². The molecule has 1 aromatic carbocycles. The largest absolute Gasteiger partial charge is 0.301 e. The smallest absolute Gasteiger partial charge is 0.253 e. The van der Waals surface area contributed by atoms with Gasteiger partial charge in [0, 0.05) is 6.54 Å². The van der Waals surface area contributed by atoms with Crippen LogP contribution in [0.25, 0.3) is 10.2 Å². The van der Waals surface area contributed by atoms with Crippen molar-refractivity contribution in [2.75, 3.05) is 11.9 Å². The standard InChI is InChI=1S/C16H14BrN3O3S3/c17-13-7-8-14(25-13)26(22,23)20-9-3-5-11(20)15(21)19-16-18-10-4-1-2-6-12(10)24-16/h1-2,4,6-8,11H,3,5,9H2,(H,18,19,21). The number of hydrogen-bond acceptors (Lipinski definition) is 6. The van der Waals surface area contributed by atoms with Crippen molar-refractivity contribution in [3.05, 3.63) is 40.2 Å². The van der Waals surface area contributed by atoms with E-state index in [2.05, 4.69) is 26.2 Å². The number of carbonyl (C=O) groups is 1. The van der Waals surface area contributed by atoms with Gasteiger partial charge in [0.15, 0.2) is 5.13 Å². The van der Waals surface area contributed by atoms with Crippen LogP contribution in [0.1, 0.15) is 12.8 Å². The quantitative estimate of drug-likeness (QED) is 0.625. The molecule has 1 aliphatic rings.